The van der Waals surface area contributed by atoms with Gasteiger partial charge in [-0.05, 0) is 42.5 Å². The summed E-state index contributed by atoms with van der Waals surface area (Å²) in [6.45, 7) is -0.396. The summed E-state index contributed by atoms with van der Waals surface area (Å²) in [5, 5.41) is 22.6. The van der Waals surface area contributed by atoms with Crippen molar-refractivity contribution in [2.24, 2.45) is 0 Å². The third kappa shape index (κ3) is 13.2. The number of nitro benzene ring substituents is 1. The molecule has 57 heavy (non-hydrogen) atoms. The summed E-state index contributed by atoms with van der Waals surface area (Å²) in [5.74, 6) is 0.0579. The van der Waals surface area contributed by atoms with Crippen molar-refractivity contribution in [1.82, 2.24) is 23.4 Å². The van der Waals surface area contributed by atoms with Gasteiger partial charge in [0.1, 0.15) is 33.5 Å². The first kappa shape index (κ1) is 45.1. The number of hydrogen-bond acceptors (Lipinski definition) is 16. The van der Waals surface area contributed by atoms with E-state index in [1.807, 2.05) is 11.4 Å². The van der Waals surface area contributed by atoms with Gasteiger partial charge in [-0.1, -0.05) is 45.1 Å². The Kier molecular flexibility index (Phi) is 15.9. The van der Waals surface area contributed by atoms with E-state index >= 15 is 0 Å². The number of ether oxygens (including phenoxy) is 4. The van der Waals surface area contributed by atoms with Crippen LogP contribution in [0.2, 0.25) is 10.0 Å². The molecule has 0 unspecified atom stereocenters. The number of fused-ring (bicyclic) bond motifs is 1. The average Bonchev–Trinajstić information content (AvgIpc) is 3.16. The number of methoxy groups -OCH3 is 2. The molecule has 0 fully saturated rings. The van der Waals surface area contributed by atoms with E-state index in [1.165, 1.54) is 37.1 Å². The number of nitrogens with two attached hydrogens (primary N) is 1. The number of carboxylic acids is 1. The second-order valence-electron chi connectivity index (χ2n) is 10.6. The molecule has 0 bridgehead atoms. The van der Waals surface area contributed by atoms with Crippen molar-refractivity contribution in [3.63, 3.8) is 0 Å². The van der Waals surface area contributed by atoms with E-state index in [9.17, 15) is 36.5 Å². The molecule has 3 aromatic carbocycles. The van der Waals surface area contributed by atoms with Gasteiger partial charge in [-0.15, -0.1) is 0 Å². The van der Waals surface area contributed by atoms with Gasteiger partial charge in [0.05, 0.1) is 36.5 Å². The van der Waals surface area contributed by atoms with Gasteiger partial charge < -0.3 is 29.8 Å². The number of sulfonamides is 1. The number of nitrogens with one attached hydrogen (secondary N) is 2. The van der Waals surface area contributed by atoms with E-state index in [-0.39, 0.29) is 43.6 Å². The third-order valence-corrected chi connectivity index (χ3v) is 10.8. The molecule has 5 rings (SSSR count). The van der Waals surface area contributed by atoms with Crippen molar-refractivity contribution < 1.29 is 55.4 Å². The van der Waals surface area contributed by atoms with Crippen LogP contribution in [0.5, 0.6) is 29.0 Å². The Hall–Kier alpha value is -6.27. The van der Waals surface area contributed by atoms with Crippen molar-refractivity contribution in [3.05, 3.63) is 99.2 Å². The first-order valence-electron chi connectivity index (χ1n) is 15.3. The predicted molar refractivity (Wildman–Crippen MR) is 208 cm³/mol. The normalized spacial score (nSPS) is 10.9. The monoisotopic (exact) mass is 870 g/mol. The number of aliphatic carboxylic acids is 1. The molecule has 2 amide bonds. The zero-order valence-corrected chi connectivity index (χ0v) is 33.1. The molecule has 2 aromatic heterocycles. The maximum Gasteiger partial charge on any atom is 0.341 e. The molecule has 304 valence electrons. The number of pyridine rings is 1. The van der Waals surface area contributed by atoms with Crippen molar-refractivity contribution in [2.45, 2.75) is 0 Å². The van der Waals surface area contributed by atoms with E-state index in [0.29, 0.717) is 28.3 Å². The molecule has 0 saturated heterocycles. The number of nitrogens with zero attached hydrogens (tertiary/aromatic N) is 5. The number of rotatable bonds is 12. The van der Waals surface area contributed by atoms with Crippen molar-refractivity contribution in [2.75, 3.05) is 45.2 Å². The molecule has 0 radical (unpaired) electrons. The van der Waals surface area contributed by atoms with Gasteiger partial charge in [0.15, 0.2) is 6.61 Å². The number of urea groups is 1. The summed E-state index contributed by atoms with van der Waals surface area (Å²) in [4.78, 5) is 43.8. The maximum absolute atomic E-state index is 11.7. The van der Waals surface area contributed by atoms with E-state index in [0.717, 1.165) is 12.4 Å². The highest BCUT2D eigenvalue weighted by Gasteiger charge is 2.28. The van der Waals surface area contributed by atoms with Crippen LogP contribution < -0.4 is 34.7 Å². The quantitative estimate of drug-likeness (QED) is 0.0748. The lowest BCUT2D eigenvalue weighted by Crippen LogP contribution is -2.45. The van der Waals surface area contributed by atoms with Crippen LogP contribution in [-0.4, -0.2) is 91.7 Å². The number of amides is 2. The SMILES string of the molecule is COc1cc(OC)nc(NC(=O)NS(=O)(=O)N(C)S(C)(=O)=O)n1.Nc1c([N+](=O)[O-])ccc(Oc2ccccc2)c1Cl.O=C(O)COc1ccc(Cl)c2cccnc12. The first-order chi connectivity index (χ1) is 26.8. The van der Waals surface area contributed by atoms with E-state index < -0.39 is 43.8 Å². The number of carbonyl (C=O) groups excluding carboxylic acids is 1. The molecule has 5 aromatic rings. The highest BCUT2D eigenvalue weighted by atomic mass is 35.5. The summed E-state index contributed by atoms with van der Waals surface area (Å²) in [6, 6.07) is 18.5. The summed E-state index contributed by atoms with van der Waals surface area (Å²) in [5.41, 5.74) is 5.81. The summed E-state index contributed by atoms with van der Waals surface area (Å²) >= 11 is 11.9. The molecular formula is C32H32Cl2N8O13S2. The standard InChI is InChI=1S/C12H9ClN2O3.C11H8ClNO3.C9H15N5O7S2/c13-11-10(18-8-4-2-1-3-5-8)7-6-9(12(11)14)15(16)17;12-8-3-4-9(16-6-10(14)15)11-7(8)2-1-5-13-11;1-14(22(4,16)17)23(18,19)13-9(15)12-8-10-6(20-2)5-7(11-8)21-3/h1-7H,14H2;1-5H,6H2,(H,14,15);5H,1-4H3,(H2,10,11,12,13,15). The fraction of sp³-hybridized carbons (Fsp3) is 0.156. The van der Waals surface area contributed by atoms with Crippen LogP contribution >= 0.6 is 23.2 Å². The molecule has 5 N–H and O–H groups in total. The number of carboxylic acid groups (broad SMARTS) is 1. The lowest BCUT2D eigenvalue weighted by molar-refractivity contribution is -0.383. The average molecular weight is 872 g/mol. The van der Waals surface area contributed by atoms with Crippen LogP contribution in [-0.2, 0) is 25.0 Å². The minimum absolute atomic E-state index is 0.00654. The van der Waals surface area contributed by atoms with E-state index in [4.69, 9.17) is 53.0 Å². The Bertz CT molecular complexity index is 2440. The van der Waals surface area contributed by atoms with Crippen molar-refractivity contribution in [3.8, 4) is 29.0 Å². The van der Waals surface area contributed by atoms with Gasteiger partial charge in [0, 0.05) is 24.7 Å². The van der Waals surface area contributed by atoms with Crippen LogP contribution in [0.3, 0.4) is 0 Å². The molecule has 0 atom stereocenters. The van der Waals surface area contributed by atoms with Gasteiger partial charge in [-0.25, -0.2) is 22.7 Å². The predicted octanol–water partition coefficient (Wildman–Crippen LogP) is 4.73. The van der Waals surface area contributed by atoms with Gasteiger partial charge in [-0.3, -0.25) is 20.4 Å². The first-order valence-corrected chi connectivity index (χ1v) is 19.4. The molecule has 2 heterocycles. The van der Waals surface area contributed by atoms with Gasteiger partial charge in [0.2, 0.25) is 27.7 Å². The Morgan fingerprint density at radius 1 is 0.947 bits per heavy atom. The number of nitro groups is 1. The molecule has 0 aliphatic carbocycles. The molecule has 0 aliphatic rings. The number of anilines is 2. The summed E-state index contributed by atoms with van der Waals surface area (Å²) < 4.78 is 67.6. The van der Waals surface area contributed by atoms with Crippen molar-refractivity contribution >= 4 is 83.7 Å². The number of nitrogen functional groups attached to an aromatic ring is 1. The van der Waals surface area contributed by atoms with Crippen molar-refractivity contribution in [1.29, 1.82) is 0 Å². The zero-order valence-electron chi connectivity index (χ0n) is 29.9. The minimum Gasteiger partial charge on any atom is -0.481 e. The second-order valence-corrected chi connectivity index (χ2v) is 15.3. The maximum atomic E-state index is 11.7. The number of halogens is 2. The van der Waals surface area contributed by atoms with Gasteiger partial charge >= 0.3 is 22.2 Å². The topological polar surface area (TPSA) is 295 Å². The van der Waals surface area contributed by atoms with Crippen LogP contribution in [0.4, 0.5) is 22.1 Å². The number of para-hydroxylation sites is 1. The molecular weight excluding hydrogens is 839 g/mol. The highest BCUT2D eigenvalue weighted by molar-refractivity contribution is 8.03. The lowest BCUT2D eigenvalue weighted by atomic mass is 10.2. The Labute approximate surface area is 334 Å². The Morgan fingerprint density at radius 2 is 1.56 bits per heavy atom. The third-order valence-electron chi connectivity index (χ3n) is 6.67. The highest BCUT2D eigenvalue weighted by Crippen LogP contribution is 2.39. The largest absolute Gasteiger partial charge is 0.481 e. The van der Waals surface area contributed by atoms with Crippen LogP contribution in [0.1, 0.15) is 0 Å². The fourth-order valence-corrected chi connectivity index (χ4v) is 6.31. The van der Waals surface area contributed by atoms with E-state index in [2.05, 4.69) is 15.0 Å². The molecule has 0 aliphatic heterocycles. The summed E-state index contributed by atoms with van der Waals surface area (Å²) in [7, 11) is -5.27. The molecule has 0 saturated carbocycles. The Balaban J connectivity index is 0.000000233. The Morgan fingerprint density at radius 3 is 2.12 bits per heavy atom. The number of carbonyl (C=O) groups is 2. The smallest absolute Gasteiger partial charge is 0.341 e. The summed E-state index contributed by atoms with van der Waals surface area (Å²) in [6.07, 6.45) is 2.27. The fourth-order valence-electron chi connectivity index (χ4n) is 3.94. The second kappa shape index (κ2) is 20.1. The lowest BCUT2D eigenvalue weighted by Gasteiger charge is -2.15. The van der Waals surface area contributed by atoms with Crippen LogP contribution in [0, 0.1) is 10.1 Å². The molecule has 0 spiro atoms. The van der Waals surface area contributed by atoms with Crippen LogP contribution in [0.15, 0.2) is 79.0 Å². The number of hydrogen-bond donors (Lipinski definition) is 4. The molecule has 21 nitrogen and oxygen atoms in total. The van der Waals surface area contributed by atoms with Crippen LogP contribution in [0.25, 0.3) is 10.9 Å². The molecule has 25 heteroatoms. The zero-order chi connectivity index (χ0) is 42.5. The number of benzene rings is 3. The van der Waals surface area contributed by atoms with E-state index in [1.54, 1.807) is 54.7 Å². The number of aromatic nitrogens is 3. The van der Waals surface area contributed by atoms with Gasteiger partial charge in [-0.2, -0.15) is 18.4 Å². The minimum atomic E-state index is -4.60. The van der Waals surface area contributed by atoms with Gasteiger partial charge in [0.25, 0.3) is 5.69 Å².